The van der Waals surface area contributed by atoms with Crippen LogP contribution in [0.2, 0.25) is 0 Å². The lowest BCUT2D eigenvalue weighted by molar-refractivity contribution is -0.206. The molecule has 10 nitrogen and oxygen atoms in total. The first-order valence-electron chi connectivity index (χ1n) is 7.49. The molecular weight excluding hydrogens is 352 g/mol. The van der Waals surface area contributed by atoms with Crippen molar-refractivity contribution in [3.8, 4) is 0 Å². The number of benzene rings is 1. The molecule has 1 aliphatic heterocycles. The van der Waals surface area contributed by atoms with Crippen LogP contribution in [0.15, 0.2) is 30.3 Å². The lowest BCUT2D eigenvalue weighted by Crippen LogP contribution is -2.56. The molecule has 1 saturated heterocycles. The zero-order valence-electron chi connectivity index (χ0n) is 13.8. The number of cyclic esters (lactones) is 1. The van der Waals surface area contributed by atoms with Crippen LogP contribution < -0.4 is 0 Å². The van der Waals surface area contributed by atoms with E-state index in [0.717, 1.165) is 0 Å². The van der Waals surface area contributed by atoms with Crippen LogP contribution in [0, 0.1) is 0 Å². The van der Waals surface area contributed by atoms with Crippen LogP contribution in [-0.2, 0) is 23.9 Å². The maximum absolute atomic E-state index is 10.8. The van der Waals surface area contributed by atoms with Gasteiger partial charge < -0.3 is 35.0 Å². The van der Waals surface area contributed by atoms with Crippen molar-refractivity contribution < 1.29 is 49.4 Å². The fraction of sp³-hybridized carbons (Fsp3) is 0.438. The van der Waals surface area contributed by atoms with E-state index in [2.05, 4.69) is 9.47 Å². The first-order valence-corrected chi connectivity index (χ1v) is 7.49. The Morgan fingerprint density at radius 2 is 1.73 bits per heavy atom. The summed E-state index contributed by atoms with van der Waals surface area (Å²) in [5, 5.41) is 44.3. The van der Waals surface area contributed by atoms with E-state index in [-0.39, 0.29) is 0 Å². The molecule has 1 fully saturated rings. The molecule has 1 aromatic carbocycles. The molecule has 5 atom stereocenters. The smallest absolute Gasteiger partial charge is 0.349 e. The van der Waals surface area contributed by atoms with Gasteiger partial charge in [-0.1, -0.05) is 30.3 Å². The van der Waals surface area contributed by atoms with Crippen molar-refractivity contribution >= 4 is 17.9 Å². The summed E-state index contributed by atoms with van der Waals surface area (Å²) < 4.78 is 9.04. The Morgan fingerprint density at radius 3 is 2.19 bits per heavy atom. The Labute approximate surface area is 148 Å². The minimum absolute atomic E-state index is 0.454. The van der Waals surface area contributed by atoms with Gasteiger partial charge in [0.1, 0.15) is 12.2 Å². The highest BCUT2D eigenvalue weighted by molar-refractivity contribution is 5.78. The predicted molar refractivity (Wildman–Crippen MR) is 83.6 cm³/mol. The highest BCUT2D eigenvalue weighted by atomic mass is 16.6. The topological polar surface area (TPSA) is 171 Å². The van der Waals surface area contributed by atoms with Crippen molar-refractivity contribution in [2.75, 3.05) is 6.61 Å². The van der Waals surface area contributed by atoms with Crippen molar-refractivity contribution in [3.63, 3.8) is 0 Å². The number of carboxylic acids is 1. The molecule has 0 aromatic heterocycles. The van der Waals surface area contributed by atoms with Gasteiger partial charge in [0.15, 0.2) is 12.2 Å². The zero-order valence-corrected chi connectivity index (χ0v) is 13.8. The monoisotopic (exact) mass is 372 g/mol. The largest absolute Gasteiger partial charge is 0.478 e. The molecule has 0 aliphatic carbocycles. The summed E-state index contributed by atoms with van der Waals surface area (Å²) in [6.07, 6.45) is -7.14. The molecule has 0 saturated carbocycles. The van der Waals surface area contributed by atoms with E-state index in [4.69, 9.17) is 25.5 Å². The van der Waals surface area contributed by atoms with E-state index in [0.29, 0.717) is 5.56 Å². The van der Waals surface area contributed by atoms with Gasteiger partial charge in [0.05, 0.1) is 6.61 Å². The lowest BCUT2D eigenvalue weighted by Gasteiger charge is -2.32. The fourth-order valence-corrected chi connectivity index (χ4v) is 2.03. The second-order valence-electron chi connectivity index (χ2n) is 5.32. The van der Waals surface area contributed by atoms with E-state index < -0.39 is 55.0 Å². The Morgan fingerprint density at radius 1 is 1.15 bits per heavy atom. The summed E-state index contributed by atoms with van der Waals surface area (Å²) in [5.74, 6) is -2.82. The van der Waals surface area contributed by atoms with Gasteiger partial charge in [-0.3, -0.25) is 4.79 Å². The highest BCUT2D eigenvalue weighted by Gasteiger charge is 2.43. The first kappa shape index (κ1) is 21.5. The van der Waals surface area contributed by atoms with Crippen LogP contribution in [0.4, 0.5) is 0 Å². The lowest BCUT2D eigenvalue weighted by atomic mass is 10.0. The van der Waals surface area contributed by atoms with Gasteiger partial charge >= 0.3 is 17.9 Å². The van der Waals surface area contributed by atoms with E-state index in [1.165, 1.54) is 6.92 Å². The highest BCUT2D eigenvalue weighted by Crippen LogP contribution is 2.17. The van der Waals surface area contributed by atoms with Gasteiger partial charge in [0, 0.05) is 12.5 Å². The van der Waals surface area contributed by atoms with Gasteiger partial charge in [-0.15, -0.1) is 0 Å². The molecule has 144 valence electrons. The summed E-state index contributed by atoms with van der Waals surface area (Å²) in [4.78, 5) is 32.1. The van der Waals surface area contributed by atoms with E-state index in [1.807, 2.05) is 0 Å². The number of aliphatic carboxylic acids is 1. The Bertz CT molecular complexity index is 615. The third-order valence-corrected chi connectivity index (χ3v) is 3.35. The van der Waals surface area contributed by atoms with Crippen LogP contribution in [0.5, 0.6) is 0 Å². The molecule has 2 rings (SSSR count). The van der Waals surface area contributed by atoms with Crippen LogP contribution in [0.1, 0.15) is 18.6 Å². The Kier molecular flexibility index (Phi) is 8.13. The van der Waals surface area contributed by atoms with Crippen LogP contribution >= 0.6 is 0 Å². The quantitative estimate of drug-likeness (QED) is 0.386. The molecular formula is C16H20O10. The number of aliphatic hydroxyl groups excluding tert-OH is 4. The molecule has 1 unspecified atom stereocenters. The molecule has 0 bridgehead atoms. The SMILES string of the molecule is CC(=O)OC(C(=O)O)c1ccccc1.O=C1O[C@H](CO)[C@@H](O)[C@H](O)[C@H]1O. The van der Waals surface area contributed by atoms with E-state index in [1.54, 1.807) is 30.3 Å². The van der Waals surface area contributed by atoms with Gasteiger partial charge in [0.2, 0.25) is 6.10 Å². The molecule has 0 amide bonds. The molecule has 1 heterocycles. The molecule has 1 aromatic rings. The third-order valence-electron chi connectivity index (χ3n) is 3.35. The number of esters is 2. The van der Waals surface area contributed by atoms with Crippen molar-refractivity contribution in [2.24, 2.45) is 0 Å². The minimum Gasteiger partial charge on any atom is -0.478 e. The normalized spacial score (nSPS) is 26.0. The van der Waals surface area contributed by atoms with Crippen LogP contribution in [0.3, 0.4) is 0 Å². The van der Waals surface area contributed by atoms with Crippen molar-refractivity contribution in [1.82, 2.24) is 0 Å². The van der Waals surface area contributed by atoms with Gasteiger partial charge in [-0.05, 0) is 0 Å². The molecule has 26 heavy (non-hydrogen) atoms. The summed E-state index contributed by atoms with van der Waals surface area (Å²) in [5.41, 5.74) is 0.454. The first-order chi connectivity index (χ1) is 12.2. The summed E-state index contributed by atoms with van der Waals surface area (Å²) in [7, 11) is 0. The average molecular weight is 372 g/mol. The molecule has 1 aliphatic rings. The third kappa shape index (κ3) is 5.77. The van der Waals surface area contributed by atoms with Gasteiger partial charge in [-0.25, -0.2) is 9.59 Å². The van der Waals surface area contributed by atoms with E-state index in [9.17, 15) is 14.4 Å². The van der Waals surface area contributed by atoms with Gasteiger partial charge in [-0.2, -0.15) is 0 Å². The average Bonchev–Trinajstić information content (AvgIpc) is 2.62. The Hall–Kier alpha value is -2.53. The number of hydrogen-bond acceptors (Lipinski definition) is 9. The maximum atomic E-state index is 10.8. The fourth-order valence-electron chi connectivity index (χ4n) is 2.03. The van der Waals surface area contributed by atoms with E-state index >= 15 is 0 Å². The summed E-state index contributed by atoms with van der Waals surface area (Å²) in [6, 6.07) is 8.34. The molecule has 5 N–H and O–H groups in total. The number of carbonyl (C=O) groups excluding carboxylic acids is 2. The predicted octanol–water partition coefficient (Wildman–Crippen LogP) is -1.64. The number of carboxylic acid groups (broad SMARTS) is 1. The van der Waals surface area contributed by atoms with Crippen LogP contribution in [0.25, 0.3) is 0 Å². The van der Waals surface area contributed by atoms with Crippen molar-refractivity contribution in [1.29, 1.82) is 0 Å². The summed E-state index contributed by atoms with van der Waals surface area (Å²) >= 11 is 0. The molecule has 0 radical (unpaired) electrons. The number of ether oxygens (including phenoxy) is 2. The number of hydrogen-bond donors (Lipinski definition) is 5. The van der Waals surface area contributed by atoms with Crippen molar-refractivity contribution in [3.05, 3.63) is 35.9 Å². The minimum atomic E-state index is -1.73. The summed E-state index contributed by atoms with van der Waals surface area (Å²) in [6.45, 7) is 0.593. The maximum Gasteiger partial charge on any atom is 0.349 e. The Balaban J connectivity index is 0.000000263. The van der Waals surface area contributed by atoms with Crippen molar-refractivity contribution in [2.45, 2.75) is 37.4 Å². The van der Waals surface area contributed by atoms with Gasteiger partial charge in [0.25, 0.3) is 0 Å². The van der Waals surface area contributed by atoms with Crippen LogP contribution in [-0.4, -0.2) is 74.5 Å². The standard InChI is InChI=1S/C10H10O4.C6H10O6/c1-7(11)14-9(10(12)13)8-5-3-2-4-6-8;7-1-2-3(8)4(9)5(10)6(11)12-2/h2-6,9H,1H3,(H,12,13);2-5,7-10H,1H2/t;2-,3-,4+,5-/m.1/s1. The molecule has 0 spiro atoms. The zero-order chi connectivity index (χ0) is 19.9. The second kappa shape index (κ2) is 9.82. The number of aliphatic hydroxyl groups is 4. The number of carbonyl (C=O) groups is 3. The molecule has 10 heteroatoms. The number of rotatable bonds is 4. The second-order valence-corrected chi connectivity index (χ2v) is 5.32.